The van der Waals surface area contributed by atoms with E-state index in [1.165, 1.54) is 11.8 Å². The maximum absolute atomic E-state index is 12.6. The van der Waals surface area contributed by atoms with Crippen LogP contribution < -0.4 is 34.9 Å². The Labute approximate surface area is 258 Å². The first-order chi connectivity index (χ1) is 18.4. The van der Waals surface area contributed by atoms with Crippen LogP contribution in [0.1, 0.15) is 12.5 Å². The number of ether oxygens (including phenoxy) is 2. The summed E-state index contributed by atoms with van der Waals surface area (Å²) in [6, 6.07) is 9.05. The summed E-state index contributed by atoms with van der Waals surface area (Å²) in [5.74, 6) is -1.24. The average Bonchev–Trinajstić information content (AvgIpc) is 2.81. The van der Waals surface area contributed by atoms with Crippen LogP contribution in [-0.4, -0.2) is 113 Å². The Bertz CT molecular complexity index is 1340. The minimum Gasteiger partial charge on any atom is -0.353 e. The van der Waals surface area contributed by atoms with Crippen molar-refractivity contribution < 1.29 is 100 Å². The van der Waals surface area contributed by atoms with Crippen LogP contribution in [0.3, 0.4) is 0 Å². The van der Waals surface area contributed by atoms with Crippen LogP contribution in [0.2, 0.25) is 0 Å². The van der Waals surface area contributed by atoms with Gasteiger partial charge in [-0.05, 0) is 12.0 Å². The van der Waals surface area contributed by atoms with Crippen LogP contribution >= 0.6 is 0 Å². The van der Waals surface area contributed by atoms with E-state index in [1.807, 2.05) is 18.2 Å². The van der Waals surface area contributed by atoms with Crippen LogP contribution in [0, 0.1) is 0 Å². The van der Waals surface area contributed by atoms with Crippen molar-refractivity contribution in [1.29, 1.82) is 0 Å². The number of nitrogens with one attached hydrogen (secondary N) is 1. The standard InChI is InChI=1S/C19H28N2O16S3.Na/c1-12(22)21(9-8-13-6-4-3-5-7-13)11-15(23)20-10-14-16(35-38(24,25)26)17(36-39(27,28)29)18(19(33-2)34-14)37-40(30,31)32;/h3-7,14,16-19H,8-11H2,1-2H3,(H,20,23)(H,24,25,26)(H,27,28,29)(H,30,31,32);/q;+1/t14-,16-,17+,18+,19+;/m1./s1. The summed E-state index contributed by atoms with van der Waals surface area (Å²) >= 11 is 0. The minimum atomic E-state index is -5.50. The van der Waals surface area contributed by atoms with E-state index in [2.05, 4.69) is 17.9 Å². The number of rotatable bonds is 14. The van der Waals surface area contributed by atoms with Gasteiger partial charge in [-0.15, -0.1) is 0 Å². The van der Waals surface area contributed by atoms with Crippen molar-refractivity contribution in [3.05, 3.63) is 35.9 Å². The topological polar surface area (TPSA) is 259 Å². The summed E-state index contributed by atoms with van der Waals surface area (Å²) in [5, 5.41) is 2.30. The Balaban J connectivity index is 0.00000840. The van der Waals surface area contributed by atoms with Gasteiger partial charge in [0, 0.05) is 27.1 Å². The van der Waals surface area contributed by atoms with E-state index in [1.54, 1.807) is 12.1 Å². The average molecular weight is 660 g/mol. The first-order valence-corrected chi connectivity index (χ1v) is 15.2. The zero-order valence-corrected chi connectivity index (χ0v) is 26.4. The van der Waals surface area contributed by atoms with Crippen molar-refractivity contribution in [2.24, 2.45) is 0 Å². The number of methoxy groups -OCH3 is 1. The molecule has 1 aliphatic rings. The fraction of sp³-hybridized carbons (Fsp3) is 0.579. The van der Waals surface area contributed by atoms with Gasteiger partial charge < -0.3 is 19.7 Å². The summed E-state index contributed by atoms with van der Waals surface area (Å²) in [6.45, 7) is 0.208. The molecule has 0 aromatic heterocycles. The zero-order valence-electron chi connectivity index (χ0n) is 21.9. The molecule has 18 nitrogen and oxygen atoms in total. The molecule has 22 heteroatoms. The van der Waals surface area contributed by atoms with Crippen molar-refractivity contribution in [3.8, 4) is 0 Å². The summed E-state index contributed by atoms with van der Waals surface area (Å²) in [5.41, 5.74) is 0.895. The van der Waals surface area contributed by atoms with Crippen molar-refractivity contribution in [1.82, 2.24) is 10.2 Å². The number of carbonyl (C=O) groups excluding carboxylic acids is 2. The van der Waals surface area contributed by atoms with Crippen LogP contribution in [0.15, 0.2) is 30.3 Å². The van der Waals surface area contributed by atoms with Crippen molar-refractivity contribution in [2.45, 2.75) is 44.1 Å². The molecule has 228 valence electrons. The molecule has 41 heavy (non-hydrogen) atoms. The van der Waals surface area contributed by atoms with E-state index >= 15 is 0 Å². The molecule has 0 unspecified atom stereocenters. The Hall–Kier alpha value is -1.31. The van der Waals surface area contributed by atoms with Gasteiger partial charge in [0.1, 0.15) is 18.3 Å². The van der Waals surface area contributed by atoms with E-state index in [0.29, 0.717) is 6.42 Å². The van der Waals surface area contributed by atoms with Gasteiger partial charge in [0.2, 0.25) is 11.8 Å². The Morgan fingerprint density at radius 3 is 1.90 bits per heavy atom. The molecule has 5 atom stereocenters. The second-order valence-corrected chi connectivity index (χ2v) is 11.4. The molecule has 0 spiro atoms. The molecule has 0 radical (unpaired) electrons. The van der Waals surface area contributed by atoms with E-state index in [9.17, 15) is 43.9 Å². The van der Waals surface area contributed by atoms with Crippen LogP contribution in [0.5, 0.6) is 0 Å². The summed E-state index contributed by atoms with van der Waals surface area (Å²) in [6.07, 6.45) is -10.4. The third-order valence-electron chi connectivity index (χ3n) is 5.32. The van der Waals surface area contributed by atoms with Crippen LogP contribution in [0.4, 0.5) is 0 Å². The first kappa shape index (κ1) is 37.7. The number of benzene rings is 1. The van der Waals surface area contributed by atoms with Gasteiger partial charge in [0.15, 0.2) is 12.4 Å². The molecule has 1 aliphatic heterocycles. The normalized spacial score (nSPS) is 23.3. The number of carbonyl (C=O) groups is 2. The quantitative estimate of drug-likeness (QED) is 0.108. The fourth-order valence-electron chi connectivity index (χ4n) is 3.68. The maximum atomic E-state index is 12.6. The second kappa shape index (κ2) is 16.0. The smallest absolute Gasteiger partial charge is 0.353 e. The Morgan fingerprint density at radius 1 is 0.902 bits per heavy atom. The van der Waals surface area contributed by atoms with E-state index in [4.69, 9.17) is 14.0 Å². The zero-order chi connectivity index (χ0) is 30.3. The van der Waals surface area contributed by atoms with E-state index in [0.717, 1.165) is 12.7 Å². The molecule has 2 amide bonds. The number of amides is 2. The number of nitrogens with zero attached hydrogens (tertiary/aromatic N) is 1. The van der Waals surface area contributed by atoms with Crippen molar-refractivity contribution in [2.75, 3.05) is 26.7 Å². The predicted molar refractivity (Wildman–Crippen MR) is 130 cm³/mol. The van der Waals surface area contributed by atoms with Gasteiger partial charge in [-0.25, -0.2) is 12.5 Å². The van der Waals surface area contributed by atoms with Gasteiger partial charge in [0.25, 0.3) is 0 Å². The third-order valence-corrected chi connectivity index (χ3v) is 6.71. The van der Waals surface area contributed by atoms with Gasteiger partial charge in [-0.3, -0.25) is 23.2 Å². The van der Waals surface area contributed by atoms with Crippen LogP contribution in [-0.2, 0) is 69.2 Å². The number of hydrogen-bond acceptors (Lipinski definition) is 13. The second-order valence-electron chi connectivity index (χ2n) is 8.22. The minimum absolute atomic E-state index is 0. The fourth-order valence-corrected chi connectivity index (χ4v) is 5.18. The SMILES string of the molecule is CO[C@H]1O[C@H](CNC(=O)CN(CCc2ccccc2)C(C)=O)[C@@H](OS(=O)(=O)O)[C@H](OS(=O)(=O)O)[C@@H]1OS(=O)(=O)O.[Na+]. The van der Waals surface area contributed by atoms with Gasteiger partial charge in [-0.1, -0.05) is 30.3 Å². The summed E-state index contributed by atoms with van der Waals surface area (Å²) in [4.78, 5) is 25.8. The maximum Gasteiger partial charge on any atom is 1.00 e. The molecule has 1 aromatic rings. The molecule has 1 fully saturated rings. The molecule has 4 N–H and O–H groups in total. The monoisotopic (exact) mass is 659 g/mol. The summed E-state index contributed by atoms with van der Waals surface area (Å²) < 4.78 is 119. The molecule has 2 rings (SSSR count). The van der Waals surface area contributed by atoms with Crippen LogP contribution in [0.25, 0.3) is 0 Å². The van der Waals surface area contributed by atoms with Crippen molar-refractivity contribution in [3.63, 3.8) is 0 Å². The van der Waals surface area contributed by atoms with Gasteiger partial charge in [-0.2, -0.15) is 25.3 Å². The van der Waals surface area contributed by atoms with Crippen molar-refractivity contribution >= 4 is 43.0 Å². The molecule has 0 bridgehead atoms. The largest absolute Gasteiger partial charge is 1.00 e. The van der Waals surface area contributed by atoms with E-state index < -0.39 is 86.8 Å². The third kappa shape index (κ3) is 13.7. The molecule has 1 aromatic carbocycles. The molecular weight excluding hydrogens is 631 g/mol. The number of hydrogen-bond donors (Lipinski definition) is 4. The van der Waals surface area contributed by atoms with Gasteiger partial charge >= 0.3 is 60.8 Å². The molecule has 0 saturated carbocycles. The molecule has 1 heterocycles. The first-order valence-electron chi connectivity index (χ1n) is 11.1. The predicted octanol–water partition coefficient (Wildman–Crippen LogP) is -4.87. The Kier molecular flexibility index (Phi) is 14.7. The Morgan fingerprint density at radius 2 is 1.41 bits per heavy atom. The molecule has 0 aliphatic carbocycles. The van der Waals surface area contributed by atoms with E-state index in [-0.39, 0.29) is 36.1 Å². The van der Waals surface area contributed by atoms with Gasteiger partial charge in [0.05, 0.1) is 6.54 Å². The summed E-state index contributed by atoms with van der Waals surface area (Å²) in [7, 11) is -15.4. The molecular formula is C19H28N2NaO16S3+. The molecule has 1 saturated heterocycles.